The number of urea groups is 1. The summed E-state index contributed by atoms with van der Waals surface area (Å²) in [5.74, 6) is 1.63. The molecule has 2 fully saturated rings. The Kier molecular flexibility index (Phi) is 4.93. The molecule has 2 aliphatic heterocycles. The van der Waals surface area contributed by atoms with E-state index in [2.05, 4.69) is 12.2 Å². The van der Waals surface area contributed by atoms with E-state index in [1.54, 1.807) is 6.07 Å². The summed E-state index contributed by atoms with van der Waals surface area (Å²) in [5.41, 5.74) is 0.0322. The third-order valence-corrected chi connectivity index (χ3v) is 6.27. The summed E-state index contributed by atoms with van der Waals surface area (Å²) in [6.07, 6.45) is 5.30. The van der Waals surface area contributed by atoms with Crippen molar-refractivity contribution in [3.63, 3.8) is 0 Å². The largest absolute Gasteiger partial charge is 0.489 e. The molecule has 3 amide bonds. The molecule has 1 saturated carbocycles. The van der Waals surface area contributed by atoms with Crippen LogP contribution in [0.3, 0.4) is 0 Å². The number of nitrogens with zero attached hydrogens (tertiary/aromatic N) is 1. The second-order valence-corrected chi connectivity index (χ2v) is 8.12. The van der Waals surface area contributed by atoms with Gasteiger partial charge >= 0.3 is 6.03 Å². The SMILES string of the molecule is CCC1CCC2(CC1)NC(=O)N(Cc1cc(Cl)c3c(c1)OCCCO3)C2=O. The van der Waals surface area contributed by atoms with Crippen LogP contribution in [0.4, 0.5) is 4.79 Å². The molecule has 1 spiro atoms. The minimum Gasteiger partial charge on any atom is -0.489 e. The maximum Gasteiger partial charge on any atom is 0.325 e. The fourth-order valence-electron chi connectivity index (χ4n) is 4.30. The number of ether oxygens (including phenoxy) is 2. The first-order valence-corrected chi connectivity index (χ1v) is 10.1. The molecule has 0 aromatic heterocycles. The Morgan fingerprint density at radius 2 is 1.96 bits per heavy atom. The summed E-state index contributed by atoms with van der Waals surface area (Å²) in [6, 6.07) is 3.24. The molecule has 3 aliphatic rings. The Labute approximate surface area is 164 Å². The molecule has 146 valence electrons. The van der Waals surface area contributed by atoms with E-state index >= 15 is 0 Å². The highest BCUT2D eigenvalue weighted by atomic mass is 35.5. The van der Waals surface area contributed by atoms with Gasteiger partial charge in [0.1, 0.15) is 5.54 Å². The van der Waals surface area contributed by atoms with Gasteiger partial charge in [0.2, 0.25) is 0 Å². The first-order valence-electron chi connectivity index (χ1n) is 9.74. The van der Waals surface area contributed by atoms with Crippen LogP contribution in [-0.4, -0.2) is 35.6 Å². The zero-order chi connectivity index (χ0) is 19.0. The van der Waals surface area contributed by atoms with Crippen LogP contribution in [0.25, 0.3) is 0 Å². The monoisotopic (exact) mass is 392 g/mol. The summed E-state index contributed by atoms with van der Waals surface area (Å²) in [4.78, 5) is 26.9. The number of nitrogens with one attached hydrogen (secondary N) is 1. The van der Waals surface area contributed by atoms with Crippen molar-refractivity contribution in [1.82, 2.24) is 10.2 Å². The minimum absolute atomic E-state index is 0.120. The van der Waals surface area contributed by atoms with Crippen molar-refractivity contribution in [2.24, 2.45) is 5.92 Å². The number of fused-ring (bicyclic) bond motifs is 1. The standard InChI is InChI=1S/C20H25ClN2O4/c1-2-13-4-6-20(7-5-13)18(24)23(19(25)22-20)12-14-10-15(21)17-16(11-14)26-8-3-9-27-17/h10-11,13H,2-9,12H2,1H3,(H,22,25). The van der Waals surface area contributed by atoms with Crippen molar-refractivity contribution in [3.8, 4) is 11.5 Å². The molecule has 1 aliphatic carbocycles. The number of carbonyl (C=O) groups excluding carboxylic acids is 2. The molecular weight excluding hydrogens is 368 g/mol. The average molecular weight is 393 g/mol. The summed E-state index contributed by atoms with van der Waals surface area (Å²) in [7, 11) is 0. The fraction of sp³-hybridized carbons (Fsp3) is 0.600. The second kappa shape index (κ2) is 7.23. The van der Waals surface area contributed by atoms with E-state index in [0.29, 0.717) is 48.5 Å². The van der Waals surface area contributed by atoms with E-state index in [9.17, 15) is 9.59 Å². The Morgan fingerprint density at radius 3 is 2.70 bits per heavy atom. The lowest BCUT2D eigenvalue weighted by molar-refractivity contribution is -0.133. The van der Waals surface area contributed by atoms with Gasteiger partial charge < -0.3 is 14.8 Å². The number of amides is 3. The van der Waals surface area contributed by atoms with Crippen molar-refractivity contribution >= 4 is 23.5 Å². The van der Waals surface area contributed by atoms with Crippen molar-refractivity contribution in [1.29, 1.82) is 0 Å². The molecule has 1 saturated heterocycles. The third-order valence-electron chi connectivity index (χ3n) is 5.98. The molecule has 0 atom stereocenters. The zero-order valence-corrected chi connectivity index (χ0v) is 16.3. The molecule has 1 N–H and O–H groups in total. The summed E-state index contributed by atoms with van der Waals surface area (Å²) in [6.45, 7) is 3.47. The predicted octanol–water partition coefficient (Wildman–Crippen LogP) is 3.89. The normalized spacial score (nSPS) is 27.6. The lowest BCUT2D eigenvalue weighted by Crippen LogP contribution is -2.49. The lowest BCUT2D eigenvalue weighted by Gasteiger charge is -2.34. The number of benzene rings is 1. The molecule has 0 bridgehead atoms. The fourth-order valence-corrected chi connectivity index (χ4v) is 4.58. The molecular formula is C20H25ClN2O4. The van der Waals surface area contributed by atoms with Gasteiger partial charge in [-0.1, -0.05) is 24.9 Å². The van der Waals surface area contributed by atoms with Crippen molar-refractivity contribution < 1.29 is 19.1 Å². The van der Waals surface area contributed by atoms with E-state index in [4.69, 9.17) is 21.1 Å². The van der Waals surface area contributed by atoms with Gasteiger partial charge in [0.15, 0.2) is 11.5 Å². The van der Waals surface area contributed by atoms with Crippen LogP contribution in [0, 0.1) is 5.92 Å². The highest BCUT2D eigenvalue weighted by Gasteiger charge is 2.52. The number of imide groups is 1. The van der Waals surface area contributed by atoms with E-state index in [1.165, 1.54) is 4.90 Å². The van der Waals surface area contributed by atoms with Crippen LogP contribution in [0.1, 0.15) is 51.0 Å². The van der Waals surface area contributed by atoms with E-state index < -0.39 is 5.54 Å². The van der Waals surface area contributed by atoms with Gasteiger partial charge in [-0.15, -0.1) is 0 Å². The van der Waals surface area contributed by atoms with Crippen molar-refractivity contribution in [2.75, 3.05) is 13.2 Å². The first-order chi connectivity index (χ1) is 13.0. The van der Waals surface area contributed by atoms with Crippen LogP contribution in [0.5, 0.6) is 11.5 Å². The Bertz CT molecular complexity index is 759. The van der Waals surface area contributed by atoms with Crippen LogP contribution in [0.2, 0.25) is 5.02 Å². The highest BCUT2D eigenvalue weighted by Crippen LogP contribution is 2.40. The second-order valence-electron chi connectivity index (χ2n) is 7.71. The number of hydrogen-bond acceptors (Lipinski definition) is 4. The number of carbonyl (C=O) groups is 2. The molecule has 27 heavy (non-hydrogen) atoms. The number of rotatable bonds is 3. The van der Waals surface area contributed by atoms with Crippen molar-refractivity contribution in [2.45, 2.75) is 57.5 Å². The average Bonchev–Trinajstić information content (AvgIpc) is 2.84. The molecule has 6 nitrogen and oxygen atoms in total. The van der Waals surface area contributed by atoms with E-state index in [0.717, 1.165) is 31.2 Å². The van der Waals surface area contributed by atoms with Gasteiger partial charge in [0.05, 0.1) is 24.8 Å². The van der Waals surface area contributed by atoms with Crippen LogP contribution < -0.4 is 14.8 Å². The number of halogens is 1. The van der Waals surface area contributed by atoms with Gasteiger partial charge in [0, 0.05) is 6.42 Å². The summed E-state index contributed by atoms with van der Waals surface area (Å²) < 4.78 is 11.3. The highest BCUT2D eigenvalue weighted by molar-refractivity contribution is 6.32. The van der Waals surface area contributed by atoms with Crippen LogP contribution >= 0.6 is 11.6 Å². The summed E-state index contributed by atoms with van der Waals surface area (Å²) in [5, 5.41) is 3.41. The molecule has 7 heteroatoms. The van der Waals surface area contributed by atoms with Gasteiger partial charge in [0.25, 0.3) is 5.91 Å². The topological polar surface area (TPSA) is 67.9 Å². The quantitative estimate of drug-likeness (QED) is 0.792. The maximum absolute atomic E-state index is 13.1. The molecule has 2 heterocycles. The zero-order valence-electron chi connectivity index (χ0n) is 15.6. The molecule has 1 aromatic rings. The summed E-state index contributed by atoms with van der Waals surface area (Å²) >= 11 is 6.34. The lowest BCUT2D eigenvalue weighted by atomic mass is 9.75. The molecule has 0 unspecified atom stereocenters. The van der Waals surface area contributed by atoms with Gasteiger partial charge in [-0.2, -0.15) is 0 Å². The third kappa shape index (κ3) is 3.35. The minimum atomic E-state index is -0.724. The van der Waals surface area contributed by atoms with Gasteiger partial charge in [-0.05, 0) is 49.3 Å². The molecule has 0 radical (unpaired) electrons. The molecule has 1 aromatic carbocycles. The van der Waals surface area contributed by atoms with Crippen LogP contribution in [0.15, 0.2) is 12.1 Å². The van der Waals surface area contributed by atoms with Crippen LogP contribution in [-0.2, 0) is 11.3 Å². The Hall–Kier alpha value is -1.95. The van der Waals surface area contributed by atoms with Gasteiger partial charge in [-0.3, -0.25) is 9.69 Å². The smallest absolute Gasteiger partial charge is 0.325 e. The number of hydrogen-bond donors (Lipinski definition) is 1. The molecule has 4 rings (SSSR count). The Balaban J connectivity index is 1.53. The Morgan fingerprint density at radius 1 is 1.22 bits per heavy atom. The van der Waals surface area contributed by atoms with E-state index in [1.807, 2.05) is 6.07 Å². The van der Waals surface area contributed by atoms with Gasteiger partial charge in [-0.25, -0.2) is 4.79 Å². The predicted molar refractivity (Wildman–Crippen MR) is 101 cm³/mol. The van der Waals surface area contributed by atoms with E-state index in [-0.39, 0.29) is 18.5 Å². The van der Waals surface area contributed by atoms with Crippen molar-refractivity contribution in [3.05, 3.63) is 22.7 Å². The first kappa shape index (κ1) is 18.4. The maximum atomic E-state index is 13.1.